The summed E-state index contributed by atoms with van der Waals surface area (Å²) in [6, 6.07) is 0.614. The first-order valence-electron chi connectivity index (χ1n) is 4.04. The Bertz CT molecular complexity index is 88.7. The van der Waals surface area contributed by atoms with Crippen molar-refractivity contribution in [2.45, 2.75) is 32.7 Å². The van der Waals surface area contributed by atoms with Crippen molar-refractivity contribution in [3.05, 3.63) is 12.7 Å². The summed E-state index contributed by atoms with van der Waals surface area (Å²) < 4.78 is 0. The average molecular weight is 141 g/mol. The fraction of sp³-hybridized carbons (Fsp3) is 0.778. The summed E-state index contributed by atoms with van der Waals surface area (Å²) in [6.45, 7) is 8.18. The van der Waals surface area contributed by atoms with E-state index >= 15 is 0 Å². The van der Waals surface area contributed by atoms with E-state index in [4.69, 9.17) is 0 Å². The van der Waals surface area contributed by atoms with Crippen LogP contribution in [-0.4, -0.2) is 13.1 Å². The van der Waals surface area contributed by atoms with Crippen LogP contribution in [0.3, 0.4) is 0 Å². The highest BCUT2D eigenvalue weighted by atomic mass is 14.9. The highest BCUT2D eigenvalue weighted by molar-refractivity contribution is 4.78. The molecule has 10 heavy (non-hydrogen) atoms. The lowest BCUT2D eigenvalue weighted by Crippen LogP contribution is -2.29. The summed E-state index contributed by atoms with van der Waals surface area (Å²) in [5.41, 5.74) is 0. The molecular formula is C9H19N. The minimum atomic E-state index is 0.614. The molecule has 0 aromatic carbocycles. The first-order chi connectivity index (χ1) is 4.76. The predicted octanol–water partition coefficient (Wildman–Crippen LogP) is 2.20. The van der Waals surface area contributed by atoms with E-state index in [1.165, 1.54) is 6.42 Å². The lowest BCUT2D eigenvalue weighted by molar-refractivity contribution is 0.387. The minimum Gasteiger partial charge on any atom is -0.317 e. The summed E-state index contributed by atoms with van der Waals surface area (Å²) in [6.07, 6.45) is 4.36. The molecule has 0 bridgehead atoms. The molecule has 0 saturated heterocycles. The molecule has 0 spiro atoms. The van der Waals surface area contributed by atoms with Gasteiger partial charge in [0.15, 0.2) is 0 Å². The monoisotopic (exact) mass is 141 g/mol. The second kappa shape index (κ2) is 5.48. The third kappa shape index (κ3) is 3.02. The number of hydrogen-bond donors (Lipinski definition) is 1. The maximum absolute atomic E-state index is 3.74. The summed E-state index contributed by atoms with van der Waals surface area (Å²) in [4.78, 5) is 0. The van der Waals surface area contributed by atoms with Crippen molar-refractivity contribution >= 4 is 0 Å². The van der Waals surface area contributed by atoms with E-state index < -0.39 is 0 Å². The van der Waals surface area contributed by atoms with Crippen LogP contribution in [0.4, 0.5) is 0 Å². The first kappa shape index (κ1) is 9.70. The molecule has 0 aliphatic rings. The fourth-order valence-electron chi connectivity index (χ4n) is 1.17. The highest BCUT2D eigenvalue weighted by Gasteiger charge is 2.10. The zero-order valence-electron chi connectivity index (χ0n) is 7.35. The second-order valence-corrected chi connectivity index (χ2v) is 2.77. The smallest absolute Gasteiger partial charge is 0.00668 e. The van der Waals surface area contributed by atoms with Crippen molar-refractivity contribution in [1.82, 2.24) is 5.32 Å². The molecule has 1 nitrogen and oxygen atoms in total. The SMILES string of the molecule is C=CCC(CC)C(C)NC. The Morgan fingerprint density at radius 3 is 2.50 bits per heavy atom. The van der Waals surface area contributed by atoms with Crippen LogP contribution in [0.25, 0.3) is 0 Å². The maximum Gasteiger partial charge on any atom is 0.00668 e. The van der Waals surface area contributed by atoms with E-state index in [2.05, 4.69) is 25.7 Å². The summed E-state index contributed by atoms with van der Waals surface area (Å²) >= 11 is 0. The molecule has 0 rings (SSSR count). The van der Waals surface area contributed by atoms with Gasteiger partial charge in [-0.05, 0) is 26.3 Å². The maximum atomic E-state index is 3.74. The van der Waals surface area contributed by atoms with Crippen LogP contribution in [-0.2, 0) is 0 Å². The average Bonchev–Trinajstić information content (AvgIpc) is 1.99. The predicted molar refractivity (Wildman–Crippen MR) is 47.1 cm³/mol. The van der Waals surface area contributed by atoms with Gasteiger partial charge in [-0.3, -0.25) is 0 Å². The molecule has 1 N–H and O–H groups in total. The van der Waals surface area contributed by atoms with Crippen LogP contribution in [0.5, 0.6) is 0 Å². The molecule has 0 fully saturated rings. The van der Waals surface area contributed by atoms with Gasteiger partial charge in [-0.15, -0.1) is 6.58 Å². The zero-order valence-corrected chi connectivity index (χ0v) is 7.35. The molecular weight excluding hydrogens is 122 g/mol. The Morgan fingerprint density at radius 2 is 2.20 bits per heavy atom. The van der Waals surface area contributed by atoms with Crippen LogP contribution in [0, 0.1) is 5.92 Å². The van der Waals surface area contributed by atoms with Gasteiger partial charge in [0.05, 0.1) is 0 Å². The van der Waals surface area contributed by atoms with Crippen LogP contribution < -0.4 is 5.32 Å². The number of rotatable bonds is 5. The van der Waals surface area contributed by atoms with Gasteiger partial charge in [0.2, 0.25) is 0 Å². The second-order valence-electron chi connectivity index (χ2n) is 2.77. The topological polar surface area (TPSA) is 12.0 Å². The standard InChI is InChI=1S/C9H19N/c1-5-7-9(6-2)8(3)10-4/h5,8-10H,1,6-7H2,2-4H3. The Labute approximate surface area is 64.5 Å². The van der Waals surface area contributed by atoms with E-state index in [1.807, 2.05) is 13.1 Å². The van der Waals surface area contributed by atoms with E-state index in [9.17, 15) is 0 Å². The molecule has 0 aromatic heterocycles. The minimum absolute atomic E-state index is 0.614. The largest absolute Gasteiger partial charge is 0.317 e. The molecule has 60 valence electrons. The Balaban J connectivity index is 3.67. The Morgan fingerprint density at radius 1 is 1.60 bits per heavy atom. The summed E-state index contributed by atoms with van der Waals surface area (Å²) in [5, 5.41) is 3.25. The van der Waals surface area contributed by atoms with Crippen molar-refractivity contribution in [1.29, 1.82) is 0 Å². The zero-order chi connectivity index (χ0) is 7.98. The van der Waals surface area contributed by atoms with Gasteiger partial charge in [0.1, 0.15) is 0 Å². The van der Waals surface area contributed by atoms with Gasteiger partial charge in [-0.1, -0.05) is 19.4 Å². The van der Waals surface area contributed by atoms with Gasteiger partial charge in [-0.2, -0.15) is 0 Å². The molecule has 1 heteroatoms. The van der Waals surface area contributed by atoms with Gasteiger partial charge >= 0.3 is 0 Å². The quantitative estimate of drug-likeness (QED) is 0.579. The molecule has 0 aliphatic carbocycles. The van der Waals surface area contributed by atoms with Crippen molar-refractivity contribution in [3.63, 3.8) is 0 Å². The highest BCUT2D eigenvalue weighted by Crippen LogP contribution is 2.12. The van der Waals surface area contributed by atoms with Gasteiger partial charge in [-0.25, -0.2) is 0 Å². The molecule has 0 aromatic rings. The molecule has 0 saturated carbocycles. The summed E-state index contributed by atoms with van der Waals surface area (Å²) in [7, 11) is 2.01. The summed E-state index contributed by atoms with van der Waals surface area (Å²) in [5.74, 6) is 0.752. The normalized spacial score (nSPS) is 16.3. The number of hydrogen-bond acceptors (Lipinski definition) is 1. The first-order valence-corrected chi connectivity index (χ1v) is 4.04. The fourth-order valence-corrected chi connectivity index (χ4v) is 1.17. The number of allylic oxidation sites excluding steroid dienone is 1. The van der Waals surface area contributed by atoms with Gasteiger partial charge in [0.25, 0.3) is 0 Å². The van der Waals surface area contributed by atoms with E-state index in [0.717, 1.165) is 12.3 Å². The molecule has 0 aliphatic heterocycles. The van der Waals surface area contributed by atoms with Gasteiger partial charge in [0, 0.05) is 6.04 Å². The van der Waals surface area contributed by atoms with E-state index in [1.54, 1.807) is 0 Å². The van der Waals surface area contributed by atoms with E-state index in [-0.39, 0.29) is 0 Å². The molecule has 2 atom stereocenters. The third-order valence-corrected chi connectivity index (χ3v) is 2.16. The lowest BCUT2D eigenvalue weighted by atomic mass is 9.95. The lowest BCUT2D eigenvalue weighted by Gasteiger charge is -2.20. The van der Waals surface area contributed by atoms with Crippen LogP contribution in [0.2, 0.25) is 0 Å². The van der Waals surface area contributed by atoms with Gasteiger partial charge < -0.3 is 5.32 Å². The van der Waals surface area contributed by atoms with Crippen molar-refractivity contribution in [2.24, 2.45) is 5.92 Å². The van der Waals surface area contributed by atoms with Crippen molar-refractivity contribution < 1.29 is 0 Å². The number of nitrogens with one attached hydrogen (secondary N) is 1. The van der Waals surface area contributed by atoms with Crippen LogP contribution >= 0.6 is 0 Å². The molecule has 2 unspecified atom stereocenters. The van der Waals surface area contributed by atoms with Crippen LogP contribution in [0.1, 0.15) is 26.7 Å². The molecule has 0 radical (unpaired) electrons. The molecule has 0 amide bonds. The third-order valence-electron chi connectivity index (χ3n) is 2.16. The van der Waals surface area contributed by atoms with Crippen LogP contribution in [0.15, 0.2) is 12.7 Å². The Hall–Kier alpha value is -0.300. The Kier molecular flexibility index (Phi) is 5.32. The van der Waals surface area contributed by atoms with Crippen molar-refractivity contribution in [3.8, 4) is 0 Å². The van der Waals surface area contributed by atoms with Crippen molar-refractivity contribution in [2.75, 3.05) is 7.05 Å². The van der Waals surface area contributed by atoms with E-state index in [0.29, 0.717) is 6.04 Å². The molecule has 0 heterocycles.